The lowest BCUT2D eigenvalue weighted by Crippen LogP contribution is -2.31. The summed E-state index contributed by atoms with van der Waals surface area (Å²) in [6.07, 6.45) is 3.73. The van der Waals surface area contributed by atoms with E-state index >= 15 is 0 Å². The SMILES string of the molecule is N#Cc1ccc(O[C@@H]2C[C@H]3CN[C@H](CC(=O)c4ccc(O)cn4)[C@@H]3C2)cc1. The fourth-order valence-electron chi connectivity index (χ4n) is 4.26. The predicted molar refractivity (Wildman–Crippen MR) is 98.4 cm³/mol. The van der Waals surface area contributed by atoms with Gasteiger partial charge >= 0.3 is 0 Å². The van der Waals surface area contributed by atoms with Crippen LogP contribution in [0.5, 0.6) is 11.5 Å². The summed E-state index contributed by atoms with van der Waals surface area (Å²) in [5, 5.41) is 21.7. The highest BCUT2D eigenvalue weighted by atomic mass is 16.5. The molecule has 4 rings (SSSR count). The van der Waals surface area contributed by atoms with Crippen LogP contribution in [0, 0.1) is 23.2 Å². The van der Waals surface area contributed by atoms with Gasteiger partial charge in [0.05, 0.1) is 23.9 Å². The van der Waals surface area contributed by atoms with Crippen molar-refractivity contribution in [3.05, 3.63) is 53.9 Å². The molecule has 1 aliphatic carbocycles. The van der Waals surface area contributed by atoms with Gasteiger partial charge in [-0.05, 0) is 67.6 Å². The number of benzene rings is 1. The molecule has 2 aromatic rings. The normalized spacial score (nSPS) is 26.3. The zero-order valence-electron chi connectivity index (χ0n) is 14.8. The maximum Gasteiger partial charge on any atom is 0.182 e. The summed E-state index contributed by atoms with van der Waals surface area (Å²) in [5.74, 6) is 1.76. The van der Waals surface area contributed by atoms with Gasteiger partial charge in [0, 0.05) is 12.5 Å². The van der Waals surface area contributed by atoms with Crippen molar-refractivity contribution < 1.29 is 14.6 Å². The standard InChI is InChI=1S/C21H21N3O3/c22-10-13-1-4-16(5-2-13)27-17-7-14-11-23-20(18(14)8-17)9-21(26)19-6-3-15(25)12-24-19/h1-6,12,14,17-18,20,23,25H,7-9,11H2/t14-,17+,18+,20+/m0/s1. The minimum absolute atomic E-state index is 0.00962. The first-order chi connectivity index (χ1) is 13.1. The lowest BCUT2D eigenvalue weighted by atomic mass is 9.90. The van der Waals surface area contributed by atoms with Gasteiger partial charge in [-0.1, -0.05) is 0 Å². The van der Waals surface area contributed by atoms with Crippen molar-refractivity contribution in [2.24, 2.45) is 11.8 Å². The molecule has 2 heterocycles. The molecule has 2 fully saturated rings. The predicted octanol–water partition coefficient (Wildman–Crippen LogP) is 2.68. The number of nitrogens with zero attached hydrogens (tertiary/aromatic N) is 2. The van der Waals surface area contributed by atoms with Gasteiger partial charge in [-0.2, -0.15) is 5.26 Å². The number of nitriles is 1. The molecule has 1 saturated heterocycles. The van der Waals surface area contributed by atoms with Gasteiger partial charge in [0.1, 0.15) is 17.2 Å². The van der Waals surface area contributed by atoms with Gasteiger partial charge in [0.15, 0.2) is 5.78 Å². The summed E-state index contributed by atoms with van der Waals surface area (Å²) in [6.45, 7) is 0.902. The highest BCUT2D eigenvalue weighted by Crippen LogP contribution is 2.41. The number of Topliss-reactive ketones (excluding diaryl/α,β-unsaturated/α-hetero) is 1. The lowest BCUT2D eigenvalue weighted by Gasteiger charge is -2.19. The Balaban J connectivity index is 1.36. The smallest absolute Gasteiger partial charge is 0.182 e. The van der Waals surface area contributed by atoms with Crippen LogP contribution in [0.15, 0.2) is 42.6 Å². The van der Waals surface area contributed by atoms with Gasteiger partial charge in [-0.25, -0.2) is 4.98 Å². The van der Waals surface area contributed by atoms with Crippen molar-refractivity contribution >= 4 is 5.78 Å². The summed E-state index contributed by atoms with van der Waals surface area (Å²) in [5.41, 5.74) is 1.01. The van der Waals surface area contributed by atoms with E-state index < -0.39 is 0 Å². The third kappa shape index (κ3) is 3.79. The molecule has 1 aromatic carbocycles. The topological polar surface area (TPSA) is 95.2 Å². The first kappa shape index (κ1) is 17.5. The number of ether oxygens (including phenoxy) is 1. The first-order valence-corrected chi connectivity index (χ1v) is 9.21. The van der Waals surface area contributed by atoms with Gasteiger partial charge in [0.2, 0.25) is 0 Å². The summed E-state index contributed by atoms with van der Waals surface area (Å²) in [7, 11) is 0. The Morgan fingerprint density at radius 2 is 2.07 bits per heavy atom. The fraction of sp³-hybridized carbons (Fsp3) is 0.381. The molecule has 0 spiro atoms. The molecule has 6 heteroatoms. The van der Waals surface area contributed by atoms with Crippen LogP contribution in [0.4, 0.5) is 0 Å². The van der Waals surface area contributed by atoms with Crippen molar-refractivity contribution in [3.63, 3.8) is 0 Å². The minimum atomic E-state index is -0.00962. The van der Waals surface area contributed by atoms with Gasteiger partial charge < -0.3 is 15.2 Å². The van der Waals surface area contributed by atoms with Crippen molar-refractivity contribution in [1.82, 2.24) is 10.3 Å². The van der Waals surface area contributed by atoms with Crippen LogP contribution in [0.1, 0.15) is 35.3 Å². The van der Waals surface area contributed by atoms with Crippen LogP contribution < -0.4 is 10.1 Å². The number of nitrogens with one attached hydrogen (secondary N) is 1. The van der Waals surface area contributed by atoms with Crippen LogP contribution in [-0.2, 0) is 0 Å². The van der Waals surface area contributed by atoms with E-state index in [9.17, 15) is 9.90 Å². The Kier molecular flexibility index (Phi) is 4.78. The summed E-state index contributed by atoms with van der Waals surface area (Å²) in [4.78, 5) is 16.5. The molecule has 0 bridgehead atoms. The third-order valence-electron chi connectivity index (χ3n) is 5.59. The van der Waals surface area contributed by atoms with Crippen molar-refractivity contribution in [2.75, 3.05) is 6.54 Å². The number of ketones is 1. The summed E-state index contributed by atoms with van der Waals surface area (Å²) < 4.78 is 6.10. The monoisotopic (exact) mass is 363 g/mol. The molecular weight excluding hydrogens is 342 g/mol. The second-order valence-corrected chi connectivity index (χ2v) is 7.32. The maximum atomic E-state index is 12.5. The molecule has 2 N–H and O–H groups in total. The number of hydrogen-bond acceptors (Lipinski definition) is 6. The third-order valence-corrected chi connectivity index (χ3v) is 5.59. The first-order valence-electron chi connectivity index (χ1n) is 9.21. The number of fused-ring (bicyclic) bond motifs is 1. The number of pyridine rings is 1. The van der Waals surface area contributed by atoms with Gasteiger partial charge in [-0.3, -0.25) is 4.79 Å². The van der Waals surface area contributed by atoms with E-state index in [1.807, 2.05) is 12.1 Å². The van der Waals surface area contributed by atoms with Crippen LogP contribution in [0.3, 0.4) is 0 Å². The number of hydrogen-bond donors (Lipinski definition) is 2. The van der Waals surface area contributed by atoms with E-state index in [0.29, 0.717) is 29.5 Å². The Bertz CT molecular complexity index is 858. The number of carbonyl (C=O) groups excluding carboxylic acids is 1. The van der Waals surface area contributed by atoms with E-state index in [-0.39, 0.29) is 23.7 Å². The zero-order chi connectivity index (χ0) is 18.8. The largest absolute Gasteiger partial charge is 0.506 e. The molecule has 4 atom stereocenters. The number of carbonyl (C=O) groups is 1. The molecule has 6 nitrogen and oxygen atoms in total. The van der Waals surface area contributed by atoms with Crippen LogP contribution in [0.25, 0.3) is 0 Å². The average Bonchev–Trinajstić information content (AvgIpc) is 3.24. The van der Waals surface area contributed by atoms with E-state index in [2.05, 4.69) is 16.4 Å². The second kappa shape index (κ2) is 7.37. The molecule has 138 valence electrons. The highest BCUT2D eigenvalue weighted by molar-refractivity contribution is 5.94. The Labute approximate surface area is 157 Å². The van der Waals surface area contributed by atoms with Crippen molar-refractivity contribution in [3.8, 4) is 17.6 Å². The molecule has 1 aromatic heterocycles. The van der Waals surface area contributed by atoms with E-state index in [0.717, 1.165) is 25.1 Å². The molecule has 1 saturated carbocycles. The zero-order valence-corrected chi connectivity index (χ0v) is 14.8. The lowest BCUT2D eigenvalue weighted by molar-refractivity contribution is 0.0956. The Morgan fingerprint density at radius 1 is 1.26 bits per heavy atom. The molecule has 0 radical (unpaired) electrons. The molecular formula is C21H21N3O3. The molecule has 0 unspecified atom stereocenters. The summed E-state index contributed by atoms with van der Waals surface area (Å²) in [6, 6.07) is 12.5. The van der Waals surface area contributed by atoms with Crippen molar-refractivity contribution in [1.29, 1.82) is 5.26 Å². The van der Waals surface area contributed by atoms with Crippen LogP contribution >= 0.6 is 0 Å². The van der Waals surface area contributed by atoms with Gasteiger partial charge in [-0.15, -0.1) is 0 Å². The minimum Gasteiger partial charge on any atom is -0.506 e. The molecule has 2 aliphatic rings. The highest BCUT2D eigenvalue weighted by Gasteiger charge is 2.44. The van der Waals surface area contributed by atoms with E-state index in [1.165, 1.54) is 12.3 Å². The van der Waals surface area contributed by atoms with Crippen LogP contribution in [0.2, 0.25) is 0 Å². The molecule has 27 heavy (non-hydrogen) atoms. The van der Waals surface area contributed by atoms with E-state index in [4.69, 9.17) is 10.00 Å². The number of aromatic hydroxyl groups is 1. The molecule has 1 aliphatic heterocycles. The fourth-order valence-corrected chi connectivity index (χ4v) is 4.26. The maximum absolute atomic E-state index is 12.5. The van der Waals surface area contributed by atoms with E-state index in [1.54, 1.807) is 18.2 Å². The number of aromatic nitrogens is 1. The number of rotatable bonds is 5. The second-order valence-electron chi connectivity index (χ2n) is 7.32. The van der Waals surface area contributed by atoms with Crippen molar-refractivity contribution in [2.45, 2.75) is 31.4 Å². The Morgan fingerprint density at radius 3 is 2.78 bits per heavy atom. The quantitative estimate of drug-likeness (QED) is 0.793. The summed E-state index contributed by atoms with van der Waals surface area (Å²) >= 11 is 0. The molecule has 0 amide bonds. The van der Waals surface area contributed by atoms with Gasteiger partial charge in [0.25, 0.3) is 0 Å². The van der Waals surface area contributed by atoms with Crippen LogP contribution in [-0.4, -0.2) is 34.6 Å². The average molecular weight is 363 g/mol. The Hall–Kier alpha value is -2.91.